The lowest BCUT2D eigenvalue weighted by Gasteiger charge is -2.29. The number of benzene rings is 2. The number of ether oxygens (including phenoxy) is 2. The predicted octanol–water partition coefficient (Wildman–Crippen LogP) is 5.88. The first-order valence-corrected chi connectivity index (χ1v) is 14.7. The van der Waals surface area contributed by atoms with Crippen LogP contribution in [0, 0.1) is 0 Å². The van der Waals surface area contributed by atoms with E-state index in [0.29, 0.717) is 33.2 Å². The predicted molar refractivity (Wildman–Crippen MR) is 164 cm³/mol. The second-order valence-electron chi connectivity index (χ2n) is 10.8. The third-order valence-corrected chi connectivity index (χ3v) is 8.37. The number of hydrogen-bond acceptors (Lipinski definition) is 8. The van der Waals surface area contributed by atoms with Crippen molar-refractivity contribution >= 4 is 63.0 Å². The second-order valence-corrected chi connectivity index (χ2v) is 12.4. The van der Waals surface area contributed by atoms with Gasteiger partial charge >= 0.3 is 5.97 Å². The zero-order chi connectivity index (χ0) is 30.2. The molecule has 2 aromatic heterocycles. The molecule has 4 aromatic rings. The third kappa shape index (κ3) is 6.28. The van der Waals surface area contributed by atoms with E-state index in [2.05, 4.69) is 39.3 Å². The minimum atomic E-state index is -1.29. The number of thiazole rings is 1. The molecule has 0 aliphatic carbocycles. The molecular weight excluding hydrogens is 578 g/mol. The van der Waals surface area contributed by atoms with Crippen LogP contribution in [-0.4, -0.2) is 57.9 Å². The van der Waals surface area contributed by atoms with E-state index in [9.17, 15) is 14.4 Å². The minimum Gasteiger partial charge on any atom is -0.476 e. The molecule has 2 amide bonds. The summed E-state index contributed by atoms with van der Waals surface area (Å²) in [7, 11) is 1.28. The number of amides is 2. The highest BCUT2D eigenvalue weighted by Crippen LogP contribution is 2.32. The van der Waals surface area contributed by atoms with Crippen molar-refractivity contribution < 1.29 is 23.9 Å². The van der Waals surface area contributed by atoms with Gasteiger partial charge in [0.05, 0.1) is 24.2 Å². The number of H-pyrrole nitrogens is 1. The van der Waals surface area contributed by atoms with E-state index >= 15 is 0 Å². The first-order chi connectivity index (χ1) is 19.9. The molecule has 1 aliphatic rings. The number of nitrogens with zero attached hydrogens (tertiary/aromatic N) is 2. The Morgan fingerprint density at radius 2 is 1.83 bits per heavy atom. The smallest absolute Gasteiger partial charge is 0.349 e. The fourth-order valence-electron chi connectivity index (χ4n) is 4.73. The van der Waals surface area contributed by atoms with Crippen LogP contribution in [0.15, 0.2) is 42.5 Å². The first-order valence-electron chi connectivity index (χ1n) is 13.5. The summed E-state index contributed by atoms with van der Waals surface area (Å²) < 4.78 is 10.7. The molecule has 220 valence electrons. The molecule has 3 heterocycles. The van der Waals surface area contributed by atoms with E-state index in [1.54, 1.807) is 56.3 Å². The van der Waals surface area contributed by atoms with Gasteiger partial charge in [-0.3, -0.25) is 14.5 Å². The van der Waals surface area contributed by atoms with Crippen LogP contribution in [0.1, 0.15) is 58.6 Å². The fourth-order valence-corrected chi connectivity index (χ4v) is 5.94. The number of methoxy groups -OCH3 is 1. The summed E-state index contributed by atoms with van der Waals surface area (Å²) in [5.41, 5.74) is 1.34. The monoisotopic (exact) mass is 609 g/mol. The molecule has 0 fully saturated rings. The van der Waals surface area contributed by atoms with Crippen LogP contribution in [0.5, 0.6) is 5.75 Å². The van der Waals surface area contributed by atoms with Crippen molar-refractivity contribution in [2.45, 2.75) is 52.3 Å². The van der Waals surface area contributed by atoms with Crippen LogP contribution < -0.4 is 15.4 Å². The summed E-state index contributed by atoms with van der Waals surface area (Å²) in [5, 5.41) is 7.43. The molecule has 2 aromatic carbocycles. The van der Waals surface area contributed by atoms with Crippen molar-refractivity contribution in [1.29, 1.82) is 0 Å². The Morgan fingerprint density at radius 1 is 1.07 bits per heavy atom. The van der Waals surface area contributed by atoms with Gasteiger partial charge in [0.15, 0.2) is 10.6 Å². The number of aromatic nitrogens is 2. The molecule has 0 atom stereocenters. The van der Waals surface area contributed by atoms with E-state index in [1.165, 1.54) is 18.4 Å². The van der Waals surface area contributed by atoms with Gasteiger partial charge in [-0.1, -0.05) is 11.6 Å². The number of halogens is 1. The van der Waals surface area contributed by atoms with Crippen molar-refractivity contribution in [2.24, 2.45) is 0 Å². The Labute approximate surface area is 252 Å². The van der Waals surface area contributed by atoms with Gasteiger partial charge in [-0.2, -0.15) is 0 Å². The Bertz CT molecular complexity index is 1680. The maximum Gasteiger partial charge on any atom is 0.349 e. The van der Waals surface area contributed by atoms with Crippen LogP contribution >= 0.6 is 22.9 Å². The van der Waals surface area contributed by atoms with Gasteiger partial charge in [-0.25, -0.2) is 9.78 Å². The van der Waals surface area contributed by atoms with Crippen LogP contribution in [0.3, 0.4) is 0 Å². The maximum absolute atomic E-state index is 13.4. The summed E-state index contributed by atoms with van der Waals surface area (Å²) in [6, 6.07) is 12.1. The highest BCUT2D eigenvalue weighted by Gasteiger charge is 2.31. The molecular formula is C30H32ClN5O5S. The highest BCUT2D eigenvalue weighted by molar-refractivity contribution is 7.13. The first kappa shape index (κ1) is 29.6. The number of fused-ring (bicyclic) bond motifs is 2. The zero-order valence-corrected chi connectivity index (χ0v) is 25.5. The molecule has 0 unspecified atom stereocenters. The average molecular weight is 610 g/mol. The zero-order valence-electron chi connectivity index (χ0n) is 24.0. The van der Waals surface area contributed by atoms with E-state index in [1.807, 2.05) is 0 Å². The Balaban J connectivity index is 1.43. The van der Waals surface area contributed by atoms with E-state index < -0.39 is 23.4 Å². The normalized spacial score (nSPS) is 13.6. The largest absolute Gasteiger partial charge is 0.476 e. The van der Waals surface area contributed by atoms with Gasteiger partial charge in [0, 0.05) is 52.4 Å². The van der Waals surface area contributed by atoms with Gasteiger partial charge in [0.2, 0.25) is 0 Å². The second kappa shape index (κ2) is 11.7. The summed E-state index contributed by atoms with van der Waals surface area (Å²) in [4.78, 5) is 50.0. The molecule has 12 heteroatoms. The summed E-state index contributed by atoms with van der Waals surface area (Å²) in [6.07, 6.45) is 0.778. The highest BCUT2D eigenvalue weighted by atomic mass is 35.5. The molecule has 5 rings (SSSR count). The molecule has 0 radical (unpaired) electrons. The number of carbonyl (C=O) groups is 3. The van der Waals surface area contributed by atoms with Crippen molar-refractivity contribution in [3.8, 4) is 5.75 Å². The Kier molecular flexibility index (Phi) is 8.27. The van der Waals surface area contributed by atoms with Crippen LogP contribution in [0.2, 0.25) is 5.02 Å². The topological polar surface area (TPSA) is 126 Å². The molecule has 0 bridgehead atoms. The van der Waals surface area contributed by atoms with Gasteiger partial charge in [0.25, 0.3) is 11.8 Å². The summed E-state index contributed by atoms with van der Waals surface area (Å²) in [5.74, 6) is -1.09. The van der Waals surface area contributed by atoms with Gasteiger partial charge in [0.1, 0.15) is 11.4 Å². The van der Waals surface area contributed by atoms with Crippen molar-refractivity contribution in [3.05, 3.63) is 68.8 Å². The van der Waals surface area contributed by atoms with Crippen molar-refractivity contribution in [2.75, 3.05) is 24.3 Å². The molecule has 0 saturated heterocycles. The SMILES string of the molecule is COC(=O)C(C)(C)Oc1ccc(NC(=O)c2cc3cc(Cl)ccc3[nH]2)c(NC(=O)c2nc3c(s2)CN(C(C)C)CC3)c1. The molecule has 42 heavy (non-hydrogen) atoms. The number of nitrogens with one attached hydrogen (secondary N) is 3. The van der Waals surface area contributed by atoms with E-state index in [0.717, 1.165) is 41.0 Å². The number of anilines is 2. The van der Waals surface area contributed by atoms with E-state index in [4.69, 9.17) is 21.1 Å². The molecule has 0 saturated carbocycles. The van der Waals surface area contributed by atoms with Crippen molar-refractivity contribution in [1.82, 2.24) is 14.9 Å². The number of aromatic amines is 1. The van der Waals surface area contributed by atoms with Gasteiger partial charge < -0.3 is 25.1 Å². The lowest BCUT2D eigenvalue weighted by molar-refractivity contribution is -0.156. The summed E-state index contributed by atoms with van der Waals surface area (Å²) >= 11 is 7.46. The van der Waals surface area contributed by atoms with Crippen LogP contribution in [0.25, 0.3) is 10.9 Å². The molecule has 0 spiro atoms. The lowest BCUT2D eigenvalue weighted by atomic mass is 10.1. The minimum absolute atomic E-state index is 0.280. The standard InChI is InChI=1S/C30H32ClN5O5S/c1-16(2)36-11-10-22-25(15-36)42-28(35-22)27(38)34-23-14-19(41-30(3,4)29(39)40-5)7-9-21(23)33-26(37)24-13-17-12-18(31)6-8-20(17)32-24/h6-9,12-14,16,32H,10-11,15H2,1-5H3,(H,33,37)(H,34,38). The number of hydrogen-bond donors (Lipinski definition) is 3. The number of esters is 1. The quantitative estimate of drug-likeness (QED) is 0.213. The molecule has 3 N–H and O–H groups in total. The van der Waals surface area contributed by atoms with Crippen LogP contribution in [0.4, 0.5) is 11.4 Å². The van der Waals surface area contributed by atoms with Gasteiger partial charge in [-0.05, 0) is 64.1 Å². The number of rotatable bonds is 8. The van der Waals surface area contributed by atoms with E-state index in [-0.39, 0.29) is 5.69 Å². The third-order valence-electron chi connectivity index (χ3n) is 7.05. The Hall–Kier alpha value is -3.93. The maximum atomic E-state index is 13.4. The Morgan fingerprint density at radius 3 is 2.57 bits per heavy atom. The molecule has 10 nitrogen and oxygen atoms in total. The summed E-state index contributed by atoms with van der Waals surface area (Å²) in [6.45, 7) is 9.10. The van der Waals surface area contributed by atoms with Crippen molar-refractivity contribution in [3.63, 3.8) is 0 Å². The average Bonchev–Trinajstić information content (AvgIpc) is 3.57. The van der Waals surface area contributed by atoms with Crippen LogP contribution in [-0.2, 0) is 22.5 Å². The lowest BCUT2D eigenvalue weighted by Crippen LogP contribution is -2.39. The molecule has 1 aliphatic heterocycles. The van der Waals surface area contributed by atoms with Gasteiger partial charge in [-0.15, -0.1) is 11.3 Å². The number of carbonyl (C=O) groups excluding carboxylic acids is 3. The fraction of sp³-hybridized carbons (Fsp3) is 0.333.